The van der Waals surface area contributed by atoms with E-state index in [0.29, 0.717) is 0 Å². The van der Waals surface area contributed by atoms with Crippen LogP contribution in [0, 0.1) is 0 Å². The summed E-state index contributed by atoms with van der Waals surface area (Å²) in [4.78, 5) is 0. The Balaban J connectivity index is 2.98. The fourth-order valence-electron chi connectivity index (χ4n) is 1.80. The molecule has 1 unspecified atom stereocenters. The summed E-state index contributed by atoms with van der Waals surface area (Å²) in [6, 6.07) is 10.6. The number of hydrogen-bond acceptors (Lipinski definition) is 1. The van der Waals surface area contributed by atoms with Crippen molar-refractivity contribution in [3.05, 3.63) is 47.5 Å². The van der Waals surface area contributed by atoms with Gasteiger partial charge in [0.2, 0.25) is 0 Å². The second-order valence-corrected chi connectivity index (χ2v) is 12.1. The zero-order valence-electron chi connectivity index (χ0n) is 14.2. The Bertz CT molecular complexity index is 436. The molecule has 1 atom stereocenters. The van der Waals surface area contributed by atoms with Crippen molar-refractivity contribution in [1.29, 1.82) is 0 Å². The highest BCUT2D eigenvalue weighted by atomic mass is 28.4. The quantitative estimate of drug-likeness (QED) is 0.470. The van der Waals surface area contributed by atoms with Gasteiger partial charge in [0.15, 0.2) is 8.32 Å². The van der Waals surface area contributed by atoms with Crippen LogP contribution < -0.4 is 0 Å². The van der Waals surface area contributed by atoms with Crippen LogP contribution in [0.1, 0.15) is 52.7 Å². The van der Waals surface area contributed by atoms with Crippen molar-refractivity contribution in [2.45, 2.75) is 65.3 Å². The number of rotatable bonds is 5. The number of allylic oxidation sites excluding steroid dienone is 1. The largest absolute Gasteiger partial charge is 0.410 e. The first-order valence-electron chi connectivity index (χ1n) is 7.49. The first kappa shape index (κ1) is 17.2. The van der Waals surface area contributed by atoms with Gasteiger partial charge in [0.05, 0.1) is 6.10 Å². The molecule has 0 saturated carbocycles. The fraction of sp³-hybridized carbons (Fsp3) is 0.556. The predicted octanol–water partition coefficient (Wildman–Crippen LogP) is 6.11. The summed E-state index contributed by atoms with van der Waals surface area (Å²) in [7, 11) is -1.75. The minimum absolute atomic E-state index is 0.173. The zero-order valence-corrected chi connectivity index (χ0v) is 15.2. The molecule has 0 bridgehead atoms. The predicted molar refractivity (Wildman–Crippen MR) is 91.5 cm³/mol. The molecule has 1 nitrogen and oxygen atoms in total. The molecule has 0 spiro atoms. The highest BCUT2D eigenvalue weighted by Gasteiger charge is 2.39. The van der Waals surface area contributed by atoms with Crippen molar-refractivity contribution in [2.24, 2.45) is 0 Å². The summed E-state index contributed by atoms with van der Waals surface area (Å²) < 4.78 is 6.63. The van der Waals surface area contributed by atoms with Gasteiger partial charge in [-0.1, -0.05) is 62.8 Å². The maximum absolute atomic E-state index is 6.63. The van der Waals surface area contributed by atoms with Crippen LogP contribution in [-0.4, -0.2) is 8.32 Å². The standard InChI is InChI=1S/C18H30OSi/c1-15(2)13-14-17(16-11-9-8-10-12-16)19-20(6,7)18(3,4)5/h8-13,17H,14H2,1-7H3. The normalized spacial score (nSPS) is 13.9. The van der Waals surface area contributed by atoms with E-state index in [1.807, 2.05) is 0 Å². The highest BCUT2D eigenvalue weighted by Crippen LogP contribution is 2.40. The number of benzene rings is 1. The van der Waals surface area contributed by atoms with Crippen LogP contribution in [0.15, 0.2) is 42.0 Å². The van der Waals surface area contributed by atoms with Crippen LogP contribution in [0.3, 0.4) is 0 Å². The molecule has 1 aromatic rings. The molecule has 0 aliphatic rings. The van der Waals surface area contributed by atoms with Crippen LogP contribution >= 0.6 is 0 Å². The summed E-state index contributed by atoms with van der Waals surface area (Å²) in [5.41, 5.74) is 2.64. The topological polar surface area (TPSA) is 9.23 Å². The van der Waals surface area contributed by atoms with Gasteiger partial charge in [-0.15, -0.1) is 0 Å². The van der Waals surface area contributed by atoms with E-state index in [2.05, 4.69) is 84.1 Å². The van der Waals surface area contributed by atoms with E-state index < -0.39 is 8.32 Å². The van der Waals surface area contributed by atoms with Crippen molar-refractivity contribution in [3.8, 4) is 0 Å². The minimum atomic E-state index is -1.75. The summed E-state index contributed by atoms with van der Waals surface area (Å²) in [6.45, 7) is 15.8. The summed E-state index contributed by atoms with van der Waals surface area (Å²) in [5.74, 6) is 0. The van der Waals surface area contributed by atoms with Gasteiger partial charge < -0.3 is 4.43 Å². The molecule has 2 heteroatoms. The van der Waals surface area contributed by atoms with Crippen LogP contribution in [0.2, 0.25) is 18.1 Å². The maximum atomic E-state index is 6.63. The Morgan fingerprint density at radius 3 is 2.15 bits per heavy atom. The third-order valence-corrected chi connectivity index (χ3v) is 8.64. The first-order chi connectivity index (χ1) is 9.13. The lowest BCUT2D eigenvalue weighted by Crippen LogP contribution is -2.41. The average molecular weight is 291 g/mol. The van der Waals surface area contributed by atoms with Gasteiger partial charge in [-0.25, -0.2) is 0 Å². The Morgan fingerprint density at radius 2 is 1.70 bits per heavy atom. The van der Waals surface area contributed by atoms with Crippen LogP contribution in [0.4, 0.5) is 0 Å². The van der Waals surface area contributed by atoms with Crippen molar-refractivity contribution >= 4 is 8.32 Å². The van der Waals surface area contributed by atoms with Gasteiger partial charge in [-0.2, -0.15) is 0 Å². The van der Waals surface area contributed by atoms with Crippen molar-refractivity contribution in [1.82, 2.24) is 0 Å². The summed E-state index contributed by atoms with van der Waals surface area (Å²) >= 11 is 0. The van der Waals surface area contributed by atoms with E-state index >= 15 is 0 Å². The molecular weight excluding hydrogens is 260 g/mol. The lowest BCUT2D eigenvalue weighted by molar-refractivity contribution is 0.186. The molecule has 0 aliphatic carbocycles. The maximum Gasteiger partial charge on any atom is 0.192 e. The highest BCUT2D eigenvalue weighted by molar-refractivity contribution is 6.74. The van der Waals surface area contributed by atoms with Gasteiger partial charge in [0, 0.05) is 0 Å². The molecular formula is C18H30OSi. The zero-order chi connectivity index (χ0) is 15.4. The smallest absolute Gasteiger partial charge is 0.192 e. The van der Waals surface area contributed by atoms with Crippen molar-refractivity contribution in [3.63, 3.8) is 0 Å². The molecule has 112 valence electrons. The average Bonchev–Trinajstić information content (AvgIpc) is 2.34. The Labute approximate surface area is 126 Å². The molecule has 20 heavy (non-hydrogen) atoms. The molecule has 0 heterocycles. The lowest BCUT2D eigenvalue weighted by Gasteiger charge is -2.39. The molecule has 0 amide bonds. The fourth-order valence-corrected chi connectivity index (χ4v) is 3.09. The second-order valence-electron chi connectivity index (χ2n) is 7.29. The van der Waals surface area contributed by atoms with Crippen LogP contribution in [-0.2, 0) is 4.43 Å². The van der Waals surface area contributed by atoms with E-state index in [1.54, 1.807) is 0 Å². The van der Waals surface area contributed by atoms with E-state index in [9.17, 15) is 0 Å². The lowest BCUT2D eigenvalue weighted by atomic mass is 10.1. The molecule has 1 rings (SSSR count). The van der Waals surface area contributed by atoms with Gasteiger partial charge in [0.1, 0.15) is 0 Å². The molecule has 0 aliphatic heterocycles. The van der Waals surface area contributed by atoms with Crippen LogP contribution in [0.25, 0.3) is 0 Å². The van der Waals surface area contributed by atoms with E-state index in [-0.39, 0.29) is 11.1 Å². The van der Waals surface area contributed by atoms with E-state index in [1.165, 1.54) is 11.1 Å². The Hall–Kier alpha value is -0.863. The van der Waals surface area contributed by atoms with Crippen molar-refractivity contribution < 1.29 is 4.43 Å². The molecule has 0 fully saturated rings. The Kier molecular flexibility index (Phi) is 5.78. The summed E-state index contributed by atoms with van der Waals surface area (Å²) in [5, 5.41) is 0.241. The molecule has 0 aromatic heterocycles. The van der Waals surface area contributed by atoms with Gasteiger partial charge >= 0.3 is 0 Å². The SMILES string of the molecule is CC(C)=CCC(O[Si](C)(C)C(C)(C)C)c1ccccc1. The van der Waals surface area contributed by atoms with Crippen molar-refractivity contribution in [2.75, 3.05) is 0 Å². The summed E-state index contributed by atoms with van der Waals surface area (Å²) in [6.07, 6.45) is 3.41. The second kappa shape index (κ2) is 6.73. The Morgan fingerprint density at radius 1 is 1.15 bits per heavy atom. The molecule has 0 radical (unpaired) electrons. The third-order valence-electron chi connectivity index (χ3n) is 4.15. The molecule has 0 N–H and O–H groups in total. The first-order valence-corrected chi connectivity index (χ1v) is 10.4. The van der Waals surface area contributed by atoms with Gasteiger partial charge in [-0.3, -0.25) is 0 Å². The molecule has 0 saturated heterocycles. The van der Waals surface area contributed by atoms with E-state index in [4.69, 9.17) is 4.43 Å². The molecule has 1 aromatic carbocycles. The third kappa shape index (κ3) is 4.91. The van der Waals surface area contributed by atoms with E-state index in [0.717, 1.165) is 6.42 Å². The monoisotopic (exact) mass is 290 g/mol. The minimum Gasteiger partial charge on any atom is -0.410 e. The van der Waals surface area contributed by atoms with Gasteiger partial charge in [-0.05, 0) is 44.0 Å². The van der Waals surface area contributed by atoms with Crippen LogP contribution in [0.5, 0.6) is 0 Å². The number of hydrogen-bond donors (Lipinski definition) is 0. The van der Waals surface area contributed by atoms with Gasteiger partial charge in [0.25, 0.3) is 0 Å².